The van der Waals surface area contributed by atoms with E-state index in [1.165, 1.54) is 13.0 Å². The van der Waals surface area contributed by atoms with Crippen LogP contribution in [0.25, 0.3) is 6.08 Å². The van der Waals surface area contributed by atoms with Crippen molar-refractivity contribution in [3.8, 4) is 0 Å². The molecule has 1 aromatic heterocycles. The zero-order valence-corrected chi connectivity index (χ0v) is 51.0. The first-order valence-corrected chi connectivity index (χ1v) is 29.5. The van der Waals surface area contributed by atoms with Gasteiger partial charge in [-0.15, -0.1) is 0 Å². The Balaban J connectivity index is 1.02. The van der Waals surface area contributed by atoms with E-state index in [-0.39, 0.29) is 69.1 Å². The number of likely N-dealkylation sites (tertiary alicyclic amines) is 1. The number of carboxylic acids is 2. The summed E-state index contributed by atoms with van der Waals surface area (Å²) in [5, 5.41) is 45.9. The first-order chi connectivity index (χ1) is 41.6. The Bertz CT molecular complexity index is 3250. The van der Waals surface area contributed by atoms with Crippen LogP contribution in [0, 0.1) is 25.7 Å². The van der Waals surface area contributed by atoms with Gasteiger partial charge < -0.3 is 74.8 Å². The van der Waals surface area contributed by atoms with Gasteiger partial charge in [-0.05, 0) is 124 Å². The van der Waals surface area contributed by atoms with E-state index in [0.717, 1.165) is 19.6 Å². The molecule has 28 heteroatoms. The van der Waals surface area contributed by atoms with Crippen LogP contribution in [0.3, 0.4) is 0 Å². The summed E-state index contributed by atoms with van der Waals surface area (Å²) in [5.41, 5.74) is 4.46. The first kappa shape index (κ1) is 68.0. The number of fused-ring (bicyclic) bond motifs is 2. The number of nitrogens with zero attached hydrogens (tertiary/aromatic N) is 6. The largest absolute Gasteiger partial charge is 0.737 e. The SMILES string of the molecule is CCC(C)[C@H](NC(=O)CCC1=[N+]2C(=Cc3c(C)cc(C)n3[B-]2(F)F)C=C1)C(=O)N[C@@H](CCC(=O)O)C(=O)N1CCC[C@H]1C(=O)N[C@@H](CC(=O)O)C(=O)N[C@@H](C)C(=O)N[C@@H](CC(C)C)C(=O)NCCNC(=O)c1ccc(N=Nc2ccc(N(C)C)cc2)cc1. The third kappa shape index (κ3) is 17.8. The smallest absolute Gasteiger partial charge is 0.481 e. The number of aryl methyl sites for hydroxylation is 2. The minimum Gasteiger partial charge on any atom is -0.481 e. The standard InChI is InChI=1S/C60H80BF2N13O12/c1-10-35(4)53(70-50(77)25-23-43-21-22-44-32-49-36(5)31-37(6)75(49)61(62,63)76(43)44)59(87)67-45(24-26-51(78)79)60(88)74-29-11-12-48(74)58(86)69-47(33-52(80)81)57(85)66-38(7)54(82)68-46(30-34(2)3)56(84)65-28-27-64-55(83)39-13-15-40(16-14-39)71-72-41-17-19-42(20-18-41)73(8)9/h13-22,31-32,34-35,38,45-48,53H,10-12,23-30,33H2,1-9H3,(H,64,83)(H,65,84)(H,66,85)(H,67,87)(H,68,82)(H,69,86)(H,70,77)(H,78,79)(H,80,81)/t35?,38-,45-,46-,47-,48-,53-/m0/s1. The third-order valence-electron chi connectivity index (χ3n) is 15.5. The van der Waals surface area contributed by atoms with Crippen LogP contribution in [0.15, 0.2) is 82.7 Å². The lowest BCUT2D eigenvalue weighted by Crippen LogP contribution is -2.59. The van der Waals surface area contributed by atoms with Crippen molar-refractivity contribution < 1.29 is 71.3 Å². The van der Waals surface area contributed by atoms with Gasteiger partial charge in [-0.2, -0.15) is 10.2 Å². The number of aliphatic carboxylic acids is 2. The van der Waals surface area contributed by atoms with Gasteiger partial charge in [0.2, 0.25) is 41.4 Å². The van der Waals surface area contributed by atoms with Crippen molar-refractivity contribution in [2.75, 3.05) is 38.6 Å². The first-order valence-electron chi connectivity index (χ1n) is 29.5. The van der Waals surface area contributed by atoms with Crippen LogP contribution in [-0.2, 0) is 43.2 Å². The third-order valence-corrected chi connectivity index (χ3v) is 15.5. The Morgan fingerprint density at radius 3 is 2.00 bits per heavy atom. The Labute approximate surface area is 509 Å². The molecule has 88 heavy (non-hydrogen) atoms. The van der Waals surface area contributed by atoms with E-state index in [0.29, 0.717) is 40.3 Å². The highest BCUT2D eigenvalue weighted by molar-refractivity contribution is 6.58. The number of hydrogen-bond donors (Lipinski definition) is 9. The van der Waals surface area contributed by atoms with E-state index >= 15 is 8.63 Å². The summed E-state index contributed by atoms with van der Waals surface area (Å²) in [7, 11) is 3.86. The van der Waals surface area contributed by atoms with Gasteiger partial charge in [0, 0.05) is 88.2 Å². The summed E-state index contributed by atoms with van der Waals surface area (Å²) in [6.07, 6.45) is 3.10. The van der Waals surface area contributed by atoms with E-state index in [2.05, 4.69) is 47.4 Å². The molecule has 8 amide bonds. The van der Waals surface area contributed by atoms with Crippen molar-refractivity contribution in [2.24, 2.45) is 22.1 Å². The number of carbonyl (C=O) groups excluding carboxylic acids is 8. The molecule has 0 saturated carbocycles. The van der Waals surface area contributed by atoms with Crippen molar-refractivity contribution >= 4 is 95.0 Å². The van der Waals surface area contributed by atoms with Crippen molar-refractivity contribution in [2.45, 2.75) is 143 Å². The molecule has 9 N–H and O–H groups in total. The van der Waals surface area contributed by atoms with Crippen LogP contribution in [-0.4, -0.2) is 166 Å². The second kappa shape index (κ2) is 30.5. The number of azo groups is 1. The van der Waals surface area contributed by atoms with Gasteiger partial charge in [-0.25, -0.2) is 0 Å². The average Bonchev–Trinajstić information content (AvgIpc) is 1.60. The molecule has 1 saturated heterocycles. The minimum absolute atomic E-state index is 0.0130. The molecule has 0 bridgehead atoms. The van der Waals surface area contributed by atoms with Crippen molar-refractivity contribution in [3.05, 3.63) is 95.0 Å². The maximum Gasteiger partial charge on any atom is 0.737 e. The van der Waals surface area contributed by atoms with Crippen LogP contribution in [0.4, 0.5) is 25.7 Å². The van der Waals surface area contributed by atoms with E-state index in [1.807, 2.05) is 57.1 Å². The number of amides is 8. The fraction of sp³-hybridized carbons (Fsp3) is 0.483. The van der Waals surface area contributed by atoms with Gasteiger partial charge in [-0.1, -0.05) is 34.1 Å². The second-order valence-electron chi connectivity index (χ2n) is 23.0. The number of carbonyl (C=O) groups is 10. The maximum atomic E-state index is 16.1. The van der Waals surface area contributed by atoms with E-state index in [9.17, 15) is 58.2 Å². The topological polar surface area (TPSA) is 335 Å². The summed E-state index contributed by atoms with van der Waals surface area (Å²) >= 11 is 0. The Morgan fingerprint density at radius 2 is 1.39 bits per heavy atom. The molecule has 0 radical (unpaired) electrons. The monoisotopic (exact) mass is 1220 g/mol. The molecule has 0 aliphatic carbocycles. The molecule has 25 nitrogen and oxygen atoms in total. The van der Waals surface area contributed by atoms with Crippen LogP contribution >= 0.6 is 0 Å². The van der Waals surface area contributed by atoms with Gasteiger partial charge in [0.15, 0.2) is 5.70 Å². The van der Waals surface area contributed by atoms with Crippen molar-refractivity contribution in [1.82, 2.24) is 46.6 Å². The van der Waals surface area contributed by atoms with Gasteiger partial charge in [0.1, 0.15) is 42.0 Å². The van der Waals surface area contributed by atoms with E-state index in [4.69, 9.17) is 0 Å². The van der Waals surface area contributed by atoms with E-state index < -0.39 is 128 Å². The van der Waals surface area contributed by atoms with Gasteiger partial charge in [0.05, 0.1) is 17.8 Å². The molecule has 7 atom stereocenters. The predicted octanol–water partition coefficient (Wildman–Crippen LogP) is 4.38. The molecule has 1 unspecified atom stereocenters. The van der Waals surface area contributed by atoms with E-state index in [1.54, 1.807) is 70.2 Å². The molecule has 3 aliphatic heterocycles. The molecular weight excluding hydrogens is 1140 g/mol. The molecule has 6 rings (SSSR count). The molecular formula is C60H80BF2N13O12. The molecule has 2 aromatic carbocycles. The lowest BCUT2D eigenvalue weighted by atomic mass is 9.90. The average molecular weight is 1220 g/mol. The van der Waals surface area contributed by atoms with Crippen molar-refractivity contribution in [3.63, 3.8) is 0 Å². The number of benzene rings is 2. The highest BCUT2D eigenvalue weighted by atomic mass is 19.2. The maximum absolute atomic E-state index is 16.1. The molecule has 474 valence electrons. The summed E-state index contributed by atoms with van der Waals surface area (Å²) in [5.74, 6) is -9.71. The summed E-state index contributed by atoms with van der Waals surface area (Å²) in [4.78, 5) is 137. The molecule has 4 heterocycles. The van der Waals surface area contributed by atoms with Crippen molar-refractivity contribution in [1.29, 1.82) is 0 Å². The normalized spacial score (nSPS) is 16.9. The summed E-state index contributed by atoms with van der Waals surface area (Å²) in [6.45, 7) is 7.34. The number of halogens is 2. The summed E-state index contributed by atoms with van der Waals surface area (Å²) < 4.78 is 34.1. The molecule has 0 spiro atoms. The fourth-order valence-corrected chi connectivity index (χ4v) is 10.6. The summed E-state index contributed by atoms with van der Waals surface area (Å²) in [6, 6.07) is 7.20. The molecule has 3 aliphatic rings. The quantitative estimate of drug-likeness (QED) is 0.0255. The van der Waals surface area contributed by atoms with Crippen LogP contribution in [0.1, 0.15) is 120 Å². The number of aromatic nitrogens is 1. The zero-order valence-electron chi connectivity index (χ0n) is 51.0. The van der Waals surface area contributed by atoms with Gasteiger partial charge >= 0.3 is 18.9 Å². The van der Waals surface area contributed by atoms with Crippen LogP contribution in [0.2, 0.25) is 0 Å². The minimum atomic E-state index is -4.30. The zero-order chi connectivity index (χ0) is 64.7. The number of nitrogens with one attached hydrogen (secondary N) is 7. The van der Waals surface area contributed by atoms with Crippen LogP contribution < -0.4 is 42.1 Å². The Morgan fingerprint density at radius 1 is 0.750 bits per heavy atom. The number of carboxylic acid groups (broad SMARTS) is 2. The second-order valence-corrected chi connectivity index (χ2v) is 23.0. The fourth-order valence-electron chi connectivity index (χ4n) is 10.6. The van der Waals surface area contributed by atoms with Gasteiger partial charge in [-0.3, -0.25) is 47.9 Å². The lowest BCUT2D eigenvalue weighted by molar-refractivity contribution is -0.362. The lowest BCUT2D eigenvalue weighted by Gasteiger charge is -2.31. The Hall–Kier alpha value is -9.11. The highest BCUT2D eigenvalue weighted by Crippen LogP contribution is 2.35. The molecule has 3 aromatic rings. The number of hydrogen-bond acceptors (Lipinski definition) is 13. The Kier molecular flexibility index (Phi) is 23.6. The number of allylic oxidation sites excluding steroid dienone is 2. The predicted molar refractivity (Wildman–Crippen MR) is 324 cm³/mol. The molecule has 1 fully saturated rings. The number of rotatable bonds is 30. The van der Waals surface area contributed by atoms with Gasteiger partial charge in [0.25, 0.3) is 5.91 Å². The highest BCUT2D eigenvalue weighted by Gasteiger charge is 2.52. The van der Waals surface area contributed by atoms with Crippen LogP contribution in [0.5, 0.6) is 0 Å². The number of anilines is 1.